The molecule has 5 nitrogen and oxygen atoms in total. The number of carbonyl (C=O) groups excluding carboxylic acids is 1. The molecule has 0 unspecified atom stereocenters. The van der Waals surface area contributed by atoms with Crippen LogP contribution in [-0.2, 0) is 10.0 Å². The molecule has 0 bridgehead atoms. The highest BCUT2D eigenvalue weighted by atomic mass is 35.5. The van der Waals surface area contributed by atoms with E-state index in [4.69, 9.17) is 11.6 Å². The van der Waals surface area contributed by atoms with E-state index >= 15 is 0 Å². The van der Waals surface area contributed by atoms with Crippen LogP contribution in [0.3, 0.4) is 0 Å². The van der Waals surface area contributed by atoms with Crippen molar-refractivity contribution >= 4 is 38.9 Å². The minimum Gasteiger partial charge on any atom is -0.322 e. The quantitative estimate of drug-likeness (QED) is 0.651. The lowest BCUT2D eigenvalue weighted by Gasteiger charge is -2.12. The number of para-hydroxylation sites is 1. The Hall–Kier alpha value is -2.83. The number of hydrogen-bond donors (Lipinski definition) is 2. The lowest BCUT2D eigenvalue weighted by atomic mass is 10.1. The summed E-state index contributed by atoms with van der Waals surface area (Å²) in [5, 5.41) is 3.20. The second kappa shape index (κ2) is 7.82. The second-order valence-electron chi connectivity index (χ2n) is 5.92. The molecule has 7 heteroatoms. The van der Waals surface area contributed by atoms with Gasteiger partial charge in [0, 0.05) is 22.0 Å². The summed E-state index contributed by atoms with van der Waals surface area (Å²) in [7, 11) is -3.83. The molecule has 0 aromatic heterocycles. The molecular weight excluding hydrogens is 384 g/mol. The lowest BCUT2D eigenvalue weighted by Crippen LogP contribution is -2.17. The van der Waals surface area contributed by atoms with Crippen LogP contribution in [0.25, 0.3) is 0 Å². The smallest absolute Gasteiger partial charge is 0.262 e. The predicted molar refractivity (Wildman–Crippen MR) is 108 cm³/mol. The zero-order valence-corrected chi connectivity index (χ0v) is 16.0. The van der Waals surface area contributed by atoms with E-state index in [1.54, 1.807) is 73.7 Å². The number of rotatable bonds is 5. The van der Waals surface area contributed by atoms with E-state index in [1.165, 1.54) is 6.07 Å². The zero-order chi connectivity index (χ0) is 19.4. The highest BCUT2D eigenvalue weighted by molar-refractivity contribution is 7.92. The number of halogens is 1. The maximum absolute atomic E-state index is 12.7. The summed E-state index contributed by atoms with van der Waals surface area (Å²) in [5.41, 5.74) is 1.75. The molecule has 2 N–H and O–H groups in total. The third-order valence-electron chi connectivity index (χ3n) is 3.85. The second-order valence-corrected chi connectivity index (χ2v) is 8.00. The first-order valence-corrected chi connectivity index (χ1v) is 9.97. The van der Waals surface area contributed by atoms with Gasteiger partial charge in [-0.15, -0.1) is 0 Å². The van der Waals surface area contributed by atoms with Gasteiger partial charge in [-0.25, -0.2) is 8.42 Å². The Balaban J connectivity index is 1.88. The Bertz CT molecular complexity index is 1080. The highest BCUT2D eigenvalue weighted by Gasteiger charge is 2.19. The average Bonchev–Trinajstić information content (AvgIpc) is 2.62. The topological polar surface area (TPSA) is 75.3 Å². The minimum atomic E-state index is -3.83. The van der Waals surface area contributed by atoms with Gasteiger partial charge >= 0.3 is 0 Å². The minimum absolute atomic E-state index is 0.0464. The normalized spacial score (nSPS) is 11.0. The molecule has 0 fully saturated rings. The van der Waals surface area contributed by atoms with Gasteiger partial charge in [0.15, 0.2) is 0 Å². The molecule has 0 aliphatic heterocycles. The monoisotopic (exact) mass is 400 g/mol. The number of aryl methyl sites for hydroxylation is 1. The van der Waals surface area contributed by atoms with Crippen LogP contribution in [0.5, 0.6) is 0 Å². The molecule has 3 aromatic rings. The van der Waals surface area contributed by atoms with Gasteiger partial charge in [-0.05, 0) is 55.0 Å². The van der Waals surface area contributed by atoms with Crippen LogP contribution in [0.4, 0.5) is 11.4 Å². The summed E-state index contributed by atoms with van der Waals surface area (Å²) in [4.78, 5) is 12.6. The fraction of sp³-hybridized carbons (Fsp3) is 0.0500. The van der Waals surface area contributed by atoms with Crippen LogP contribution in [0.15, 0.2) is 77.7 Å². The number of nitrogens with one attached hydrogen (secondary N) is 2. The van der Waals surface area contributed by atoms with Gasteiger partial charge in [-0.1, -0.05) is 41.9 Å². The Morgan fingerprint density at radius 1 is 0.889 bits per heavy atom. The first-order chi connectivity index (χ1) is 12.8. The van der Waals surface area contributed by atoms with Crippen LogP contribution in [0, 0.1) is 6.92 Å². The summed E-state index contributed by atoms with van der Waals surface area (Å²) >= 11 is 5.92. The van der Waals surface area contributed by atoms with Gasteiger partial charge in [0.05, 0.1) is 4.90 Å². The molecule has 1 amide bonds. The van der Waals surface area contributed by atoms with Gasteiger partial charge in [-0.2, -0.15) is 0 Å². The molecular formula is C20H17ClN2O3S. The van der Waals surface area contributed by atoms with Crippen molar-refractivity contribution in [1.82, 2.24) is 0 Å². The van der Waals surface area contributed by atoms with Gasteiger partial charge in [0.1, 0.15) is 0 Å². The largest absolute Gasteiger partial charge is 0.322 e. The maximum Gasteiger partial charge on any atom is 0.262 e. The molecule has 0 saturated heterocycles. The molecule has 3 aromatic carbocycles. The number of amides is 1. The molecule has 0 spiro atoms. The summed E-state index contributed by atoms with van der Waals surface area (Å²) < 4.78 is 28.0. The fourth-order valence-electron chi connectivity index (χ4n) is 2.52. The van der Waals surface area contributed by atoms with E-state index in [0.717, 1.165) is 0 Å². The molecule has 138 valence electrons. The van der Waals surface area contributed by atoms with Crippen molar-refractivity contribution in [1.29, 1.82) is 0 Å². The van der Waals surface area contributed by atoms with Crippen molar-refractivity contribution in [2.75, 3.05) is 10.0 Å². The average molecular weight is 401 g/mol. The predicted octanol–water partition coefficient (Wildman–Crippen LogP) is 4.70. The van der Waals surface area contributed by atoms with E-state index in [-0.39, 0.29) is 10.5 Å². The van der Waals surface area contributed by atoms with Gasteiger partial charge < -0.3 is 5.32 Å². The van der Waals surface area contributed by atoms with Crippen LogP contribution < -0.4 is 10.0 Å². The van der Waals surface area contributed by atoms with Crippen molar-refractivity contribution in [3.63, 3.8) is 0 Å². The van der Waals surface area contributed by atoms with Gasteiger partial charge in [0.2, 0.25) is 0 Å². The molecule has 0 aliphatic carbocycles. The molecule has 3 rings (SSSR count). The van der Waals surface area contributed by atoms with Gasteiger partial charge in [0.25, 0.3) is 15.9 Å². The third kappa shape index (κ3) is 4.67. The van der Waals surface area contributed by atoms with Crippen LogP contribution >= 0.6 is 11.6 Å². The SMILES string of the molecule is Cc1ccc(C(=O)Nc2cccc(Cl)c2)cc1S(=O)(=O)Nc1ccccc1. The van der Waals surface area contributed by atoms with E-state index in [0.29, 0.717) is 22.0 Å². The summed E-state index contributed by atoms with van der Waals surface area (Å²) in [6.45, 7) is 1.68. The summed E-state index contributed by atoms with van der Waals surface area (Å²) in [5.74, 6) is -0.423. The first kappa shape index (κ1) is 18.9. The zero-order valence-electron chi connectivity index (χ0n) is 14.4. The molecule has 0 aliphatic rings. The van der Waals surface area contributed by atoms with Crippen molar-refractivity contribution in [2.45, 2.75) is 11.8 Å². The Kier molecular flexibility index (Phi) is 5.48. The fourth-order valence-corrected chi connectivity index (χ4v) is 4.04. The highest BCUT2D eigenvalue weighted by Crippen LogP contribution is 2.22. The molecule has 0 saturated carbocycles. The number of benzene rings is 3. The summed E-state index contributed by atoms with van der Waals surface area (Å²) in [6.07, 6.45) is 0. The number of anilines is 2. The van der Waals surface area contributed by atoms with Crippen molar-refractivity contribution in [2.24, 2.45) is 0 Å². The Morgan fingerprint density at radius 2 is 1.59 bits per heavy atom. The maximum atomic E-state index is 12.7. The third-order valence-corrected chi connectivity index (χ3v) is 5.61. The van der Waals surface area contributed by atoms with Crippen LogP contribution in [-0.4, -0.2) is 14.3 Å². The number of hydrogen-bond acceptors (Lipinski definition) is 3. The molecule has 0 atom stereocenters. The van der Waals surface area contributed by atoms with Crippen molar-refractivity contribution < 1.29 is 13.2 Å². The molecule has 0 radical (unpaired) electrons. The van der Waals surface area contributed by atoms with E-state index in [2.05, 4.69) is 10.0 Å². The van der Waals surface area contributed by atoms with Crippen LogP contribution in [0.1, 0.15) is 15.9 Å². The molecule has 0 heterocycles. The van der Waals surface area contributed by atoms with E-state index in [9.17, 15) is 13.2 Å². The standard InChI is InChI=1S/C20H17ClN2O3S/c1-14-10-11-15(20(24)22-18-9-5-6-16(21)13-18)12-19(14)27(25,26)23-17-7-3-2-4-8-17/h2-13,23H,1H3,(H,22,24). The number of sulfonamides is 1. The van der Waals surface area contributed by atoms with Crippen molar-refractivity contribution in [3.05, 3.63) is 88.9 Å². The Labute approximate surface area is 163 Å². The van der Waals surface area contributed by atoms with Crippen molar-refractivity contribution in [3.8, 4) is 0 Å². The first-order valence-electron chi connectivity index (χ1n) is 8.10. The molecule has 27 heavy (non-hydrogen) atoms. The van der Waals surface area contributed by atoms with Gasteiger partial charge in [-0.3, -0.25) is 9.52 Å². The summed E-state index contributed by atoms with van der Waals surface area (Å²) in [6, 6.07) is 19.8. The Morgan fingerprint density at radius 3 is 2.30 bits per heavy atom. The van der Waals surface area contributed by atoms with Crippen LogP contribution in [0.2, 0.25) is 5.02 Å². The lowest BCUT2D eigenvalue weighted by molar-refractivity contribution is 0.102. The van der Waals surface area contributed by atoms with E-state index < -0.39 is 15.9 Å². The number of carbonyl (C=O) groups is 1. The van der Waals surface area contributed by atoms with E-state index in [1.807, 2.05) is 0 Å².